The first-order valence-corrected chi connectivity index (χ1v) is 6.01. The molecule has 6 heteroatoms. The van der Waals surface area contributed by atoms with Gasteiger partial charge in [0.1, 0.15) is 9.88 Å². The Kier molecular flexibility index (Phi) is 4.75. The van der Waals surface area contributed by atoms with Crippen molar-refractivity contribution in [3.63, 3.8) is 0 Å². The Morgan fingerprint density at radius 3 is 2.61 bits per heavy atom. The van der Waals surface area contributed by atoms with Crippen LogP contribution in [0.2, 0.25) is 0 Å². The van der Waals surface area contributed by atoms with Crippen molar-refractivity contribution in [1.82, 2.24) is 0 Å². The van der Waals surface area contributed by atoms with Crippen molar-refractivity contribution < 1.29 is 19.1 Å². The lowest BCUT2D eigenvalue weighted by Crippen LogP contribution is -2.09. The third-order valence-corrected chi connectivity index (χ3v) is 3.23. The van der Waals surface area contributed by atoms with Crippen LogP contribution in [0.3, 0.4) is 0 Å². The molecule has 96 valence electrons. The first kappa shape index (κ1) is 14.1. The van der Waals surface area contributed by atoms with Crippen LogP contribution in [0.15, 0.2) is 0 Å². The molecule has 1 rings (SSSR count). The Balaban J connectivity index is 3.05. The van der Waals surface area contributed by atoms with E-state index in [0.717, 1.165) is 11.3 Å². The Bertz CT molecular complexity index is 513. The summed E-state index contributed by atoms with van der Waals surface area (Å²) in [6.45, 7) is 3.44. The Hall–Kier alpha value is -2.00. The van der Waals surface area contributed by atoms with Crippen molar-refractivity contribution in [2.45, 2.75) is 13.8 Å². The summed E-state index contributed by atoms with van der Waals surface area (Å²) in [5, 5.41) is 0.220. The summed E-state index contributed by atoms with van der Waals surface area (Å²) in [7, 11) is 0. The Morgan fingerprint density at radius 2 is 2.06 bits per heavy atom. The highest BCUT2D eigenvalue weighted by molar-refractivity contribution is 7.18. The van der Waals surface area contributed by atoms with Crippen LogP contribution in [-0.2, 0) is 9.47 Å². The van der Waals surface area contributed by atoms with Crippen molar-refractivity contribution in [3.8, 4) is 12.3 Å². The fraction of sp³-hybridized carbons (Fsp3) is 0.333. The Morgan fingerprint density at radius 1 is 1.39 bits per heavy atom. The lowest BCUT2D eigenvalue weighted by molar-refractivity contribution is 0.0531. The van der Waals surface area contributed by atoms with Gasteiger partial charge in [-0.15, -0.1) is 17.8 Å². The number of hydrogen-bond acceptors (Lipinski definition) is 6. The number of terminal acetylenes is 1. The molecular weight excluding hydrogens is 254 g/mol. The van der Waals surface area contributed by atoms with E-state index < -0.39 is 11.9 Å². The zero-order valence-electron chi connectivity index (χ0n) is 10.1. The molecule has 1 aromatic rings. The second-order valence-electron chi connectivity index (χ2n) is 3.30. The monoisotopic (exact) mass is 267 g/mol. The Labute approximate surface area is 109 Å². The lowest BCUT2D eigenvalue weighted by atomic mass is 10.1. The van der Waals surface area contributed by atoms with Gasteiger partial charge in [0.25, 0.3) is 0 Å². The van der Waals surface area contributed by atoms with Crippen molar-refractivity contribution in [1.29, 1.82) is 0 Å². The molecule has 0 spiro atoms. The van der Waals surface area contributed by atoms with Crippen molar-refractivity contribution in [2.75, 3.05) is 18.9 Å². The molecule has 0 aliphatic rings. The number of rotatable bonds is 4. The lowest BCUT2D eigenvalue weighted by Gasteiger charge is -2.02. The SMILES string of the molecule is C#CCOC(=O)c1c(N)sc(C(=O)OCC)c1C. The highest BCUT2D eigenvalue weighted by Crippen LogP contribution is 2.31. The molecule has 0 unspecified atom stereocenters. The minimum atomic E-state index is -0.630. The standard InChI is InChI=1S/C12H13NO4S/c1-4-6-17-11(14)8-7(3)9(18-10(8)13)12(15)16-5-2/h1H,5-6,13H2,2-3H3. The largest absolute Gasteiger partial charge is 0.462 e. The van der Waals surface area contributed by atoms with E-state index in [1.165, 1.54) is 0 Å². The van der Waals surface area contributed by atoms with Crippen LogP contribution < -0.4 is 5.73 Å². The first-order valence-electron chi connectivity index (χ1n) is 5.19. The summed E-state index contributed by atoms with van der Waals surface area (Å²) in [4.78, 5) is 23.6. The maximum absolute atomic E-state index is 11.7. The number of nitrogens with two attached hydrogens (primary N) is 1. The van der Waals surface area contributed by atoms with Crippen LogP contribution >= 0.6 is 11.3 Å². The fourth-order valence-electron chi connectivity index (χ4n) is 1.36. The zero-order valence-corrected chi connectivity index (χ0v) is 10.9. The second kappa shape index (κ2) is 6.07. The average Bonchev–Trinajstić information content (AvgIpc) is 2.62. The van der Waals surface area contributed by atoms with Gasteiger partial charge in [0.2, 0.25) is 0 Å². The number of nitrogen functional groups attached to an aromatic ring is 1. The zero-order chi connectivity index (χ0) is 13.7. The van der Waals surface area contributed by atoms with E-state index in [2.05, 4.69) is 5.92 Å². The highest BCUT2D eigenvalue weighted by Gasteiger charge is 2.24. The van der Waals surface area contributed by atoms with Gasteiger partial charge in [0.15, 0.2) is 6.61 Å². The third kappa shape index (κ3) is 2.81. The second-order valence-corrected chi connectivity index (χ2v) is 4.35. The van der Waals surface area contributed by atoms with Crippen LogP contribution in [0.5, 0.6) is 0 Å². The molecule has 0 amide bonds. The number of thiophene rings is 1. The number of hydrogen-bond donors (Lipinski definition) is 1. The number of ether oxygens (including phenoxy) is 2. The number of carbonyl (C=O) groups excluding carboxylic acids is 2. The summed E-state index contributed by atoms with van der Waals surface area (Å²) in [5.41, 5.74) is 6.34. The molecule has 0 fully saturated rings. The molecule has 0 aliphatic heterocycles. The molecule has 0 aliphatic carbocycles. The molecule has 1 aromatic heterocycles. The van der Waals surface area contributed by atoms with Crippen LogP contribution in [0, 0.1) is 19.3 Å². The topological polar surface area (TPSA) is 78.6 Å². The first-order chi connectivity index (χ1) is 8.52. The van der Waals surface area contributed by atoms with Crippen molar-refractivity contribution in [3.05, 3.63) is 16.0 Å². The molecule has 0 radical (unpaired) electrons. The molecule has 0 saturated carbocycles. The van der Waals surface area contributed by atoms with Gasteiger partial charge < -0.3 is 15.2 Å². The number of carbonyl (C=O) groups is 2. The third-order valence-electron chi connectivity index (χ3n) is 2.13. The van der Waals surface area contributed by atoms with E-state index in [0.29, 0.717) is 10.4 Å². The maximum atomic E-state index is 11.7. The predicted molar refractivity (Wildman–Crippen MR) is 68.5 cm³/mol. The summed E-state index contributed by atoms with van der Waals surface area (Å²) in [5.74, 6) is 1.06. The smallest absolute Gasteiger partial charge is 0.348 e. The summed E-state index contributed by atoms with van der Waals surface area (Å²) in [6, 6.07) is 0. The quantitative estimate of drug-likeness (QED) is 0.662. The van der Waals surface area contributed by atoms with E-state index in [1.807, 2.05) is 0 Å². The van der Waals surface area contributed by atoms with Gasteiger partial charge in [0, 0.05) is 0 Å². The fourth-order valence-corrected chi connectivity index (χ4v) is 2.32. The molecule has 0 saturated heterocycles. The van der Waals surface area contributed by atoms with E-state index in [9.17, 15) is 9.59 Å². The minimum Gasteiger partial charge on any atom is -0.462 e. The van der Waals surface area contributed by atoms with Crippen LogP contribution in [0.1, 0.15) is 32.5 Å². The summed E-state index contributed by atoms with van der Waals surface area (Å²) in [6.07, 6.45) is 4.99. The van der Waals surface area contributed by atoms with Gasteiger partial charge in [-0.05, 0) is 19.4 Å². The molecule has 0 atom stereocenters. The van der Waals surface area contributed by atoms with E-state index in [4.69, 9.17) is 21.6 Å². The molecule has 1 heterocycles. The van der Waals surface area contributed by atoms with Crippen LogP contribution in [0.4, 0.5) is 5.00 Å². The minimum absolute atomic E-state index is 0.137. The van der Waals surface area contributed by atoms with E-state index >= 15 is 0 Å². The van der Waals surface area contributed by atoms with Gasteiger partial charge in [0.05, 0.1) is 12.2 Å². The number of esters is 2. The average molecular weight is 267 g/mol. The highest BCUT2D eigenvalue weighted by atomic mass is 32.1. The van der Waals surface area contributed by atoms with Crippen molar-refractivity contribution >= 4 is 28.3 Å². The molecule has 5 nitrogen and oxygen atoms in total. The summed E-state index contributed by atoms with van der Waals surface area (Å²) >= 11 is 1.00. The van der Waals surface area contributed by atoms with Gasteiger partial charge in [-0.2, -0.15) is 0 Å². The molecule has 18 heavy (non-hydrogen) atoms. The van der Waals surface area contributed by atoms with Crippen LogP contribution in [0.25, 0.3) is 0 Å². The summed E-state index contributed by atoms with van der Waals surface area (Å²) < 4.78 is 9.66. The van der Waals surface area contributed by atoms with Gasteiger partial charge in [-0.1, -0.05) is 5.92 Å². The van der Waals surface area contributed by atoms with Gasteiger partial charge in [-0.3, -0.25) is 0 Å². The molecule has 0 aromatic carbocycles. The van der Waals surface area contributed by atoms with E-state index in [-0.39, 0.29) is 23.8 Å². The predicted octanol–water partition coefficient (Wildman–Crippen LogP) is 1.61. The van der Waals surface area contributed by atoms with Crippen LogP contribution in [-0.4, -0.2) is 25.2 Å². The van der Waals surface area contributed by atoms with Crippen molar-refractivity contribution in [2.24, 2.45) is 0 Å². The molecular formula is C12H13NO4S. The van der Waals surface area contributed by atoms with E-state index in [1.54, 1.807) is 13.8 Å². The maximum Gasteiger partial charge on any atom is 0.348 e. The number of anilines is 1. The molecule has 0 bridgehead atoms. The van der Waals surface area contributed by atoms with Gasteiger partial charge in [-0.25, -0.2) is 9.59 Å². The molecule has 2 N–H and O–H groups in total. The van der Waals surface area contributed by atoms with Gasteiger partial charge >= 0.3 is 11.9 Å². The normalized spacial score (nSPS) is 9.61.